The SMILES string of the molecule is COc1ccc(-c2cc(-c3ccccc3)nc(SC3CC(=O)N(c4ccc(C#N)cc4)C3=O)c2C#N)cc1. The van der Waals surface area contributed by atoms with Gasteiger partial charge in [-0.05, 0) is 48.0 Å². The van der Waals surface area contributed by atoms with E-state index in [1.165, 1.54) is 0 Å². The molecule has 1 aliphatic rings. The molecule has 7 nitrogen and oxygen atoms in total. The number of thioether (sulfide) groups is 1. The fourth-order valence-corrected chi connectivity index (χ4v) is 5.38. The number of anilines is 1. The lowest BCUT2D eigenvalue weighted by molar-refractivity contribution is -0.121. The number of amides is 2. The van der Waals surface area contributed by atoms with Crippen LogP contribution in [0.1, 0.15) is 17.5 Å². The molecular formula is C30H20N4O3S. The Morgan fingerprint density at radius 2 is 1.63 bits per heavy atom. The second-order valence-corrected chi connectivity index (χ2v) is 9.67. The number of ether oxygens (including phenoxy) is 1. The van der Waals surface area contributed by atoms with Crippen molar-refractivity contribution >= 4 is 29.3 Å². The maximum Gasteiger partial charge on any atom is 0.247 e. The van der Waals surface area contributed by atoms with Gasteiger partial charge in [0.05, 0.1) is 40.9 Å². The molecule has 3 aromatic carbocycles. The predicted octanol–water partition coefficient (Wildman–Crippen LogP) is 5.59. The Morgan fingerprint density at radius 3 is 2.26 bits per heavy atom. The van der Waals surface area contributed by atoms with Gasteiger partial charge < -0.3 is 4.74 Å². The van der Waals surface area contributed by atoms with Crippen LogP contribution in [-0.2, 0) is 9.59 Å². The van der Waals surface area contributed by atoms with E-state index < -0.39 is 5.25 Å². The van der Waals surface area contributed by atoms with Crippen LogP contribution in [0.4, 0.5) is 5.69 Å². The summed E-state index contributed by atoms with van der Waals surface area (Å²) in [6.45, 7) is 0. The van der Waals surface area contributed by atoms with Crippen molar-refractivity contribution in [3.63, 3.8) is 0 Å². The minimum Gasteiger partial charge on any atom is -0.497 e. The minimum atomic E-state index is -0.743. The Morgan fingerprint density at radius 1 is 0.921 bits per heavy atom. The van der Waals surface area contributed by atoms with Crippen LogP contribution in [0.15, 0.2) is 90.0 Å². The Labute approximate surface area is 223 Å². The van der Waals surface area contributed by atoms with Gasteiger partial charge in [-0.2, -0.15) is 10.5 Å². The number of methoxy groups -OCH3 is 1. The molecule has 2 heterocycles. The molecule has 4 aromatic rings. The highest BCUT2D eigenvalue weighted by atomic mass is 32.2. The highest BCUT2D eigenvalue weighted by molar-refractivity contribution is 8.00. The van der Waals surface area contributed by atoms with Gasteiger partial charge in [0, 0.05) is 17.5 Å². The topological polar surface area (TPSA) is 107 Å². The van der Waals surface area contributed by atoms with Gasteiger partial charge in [0.15, 0.2) is 0 Å². The fraction of sp³-hybridized carbons (Fsp3) is 0.100. The maximum atomic E-state index is 13.3. The van der Waals surface area contributed by atoms with Crippen molar-refractivity contribution < 1.29 is 14.3 Å². The number of pyridine rings is 1. The molecule has 1 atom stereocenters. The van der Waals surface area contributed by atoms with Crippen LogP contribution in [-0.4, -0.2) is 29.2 Å². The summed E-state index contributed by atoms with van der Waals surface area (Å²) >= 11 is 1.12. The number of benzene rings is 3. The molecule has 38 heavy (non-hydrogen) atoms. The van der Waals surface area contributed by atoms with Crippen LogP contribution in [0, 0.1) is 22.7 Å². The summed E-state index contributed by atoms with van der Waals surface area (Å²) in [5.41, 5.74) is 4.17. The van der Waals surface area contributed by atoms with E-state index in [2.05, 4.69) is 6.07 Å². The highest BCUT2D eigenvalue weighted by Gasteiger charge is 2.41. The zero-order chi connectivity index (χ0) is 26.6. The van der Waals surface area contributed by atoms with Gasteiger partial charge in [0.2, 0.25) is 11.8 Å². The van der Waals surface area contributed by atoms with Gasteiger partial charge >= 0.3 is 0 Å². The molecule has 8 heteroatoms. The summed E-state index contributed by atoms with van der Waals surface area (Å²) in [7, 11) is 1.59. The van der Waals surface area contributed by atoms with E-state index in [0.29, 0.717) is 38.8 Å². The number of aromatic nitrogens is 1. The monoisotopic (exact) mass is 516 g/mol. The average Bonchev–Trinajstić information content (AvgIpc) is 3.25. The molecule has 1 aromatic heterocycles. The second kappa shape index (κ2) is 10.6. The third-order valence-electron chi connectivity index (χ3n) is 6.18. The molecular weight excluding hydrogens is 496 g/mol. The van der Waals surface area contributed by atoms with Crippen LogP contribution in [0.5, 0.6) is 5.75 Å². The second-order valence-electron chi connectivity index (χ2n) is 8.48. The summed E-state index contributed by atoms with van der Waals surface area (Å²) < 4.78 is 5.28. The van der Waals surface area contributed by atoms with Crippen LogP contribution in [0.25, 0.3) is 22.4 Å². The van der Waals surface area contributed by atoms with Crippen molar-refractivity contribution in [2.24, 2.45) is 0 Å². The molecule has 1 aliphatic heterocycles. The van der Waals surface area contributed by atoms with Gasteiger partial charge in [-0.15, -0.1) is 0 Å². The number of hydrogen-bond donors (Lipinski definition) is 0. The molecule has 1 fully saturated rings. The van der Waals surface area contributed by atoms with Crippen molar-refractivity contribution in [3.8, 4) is 40.3 Å². The average molecular weight is 517 g/mol. The molecule has 1 unspecified atom stereocenters. The van der Waals surface area contributed by atoms with Gasteiger partial charge in [-0.3, -0.25) is 9.59 Å². The van der Waals surface area contributed by atoms with E-state index in [4.69, 9.17) is 15.0 Å². The molecule has 184 valence electrons. The van der Waals surface area contributed by atoms with Gasteiger partial charge in [0.25, 0.3) is 0 Å². The first kappa shape index (κ1) is 24.8. The van der Waals surface area contributed by atoms with Gasteiger partial charge in [0.1, 0.15) is 16.8 Å². The summed E-state index contributed by atoms with van der Waals surface area (Å²) in [6, 6.07) is 29.4. The van der Waals surface area contributed by atoms with Gasteiger partial charge in [-0.25, -0.2) is 9.88 Å². The van der Waals surface area contributed by atoms with Crippen molar-refractivity contribution in [1.82, 2.24) is 4.98 Å². The quantitative estimate of drug-likeness (QED) is 0.307. The van der Waals surface area contributed by atoms with Crippen molar-refractivity contribution in [3.05, 3.63) is 96.1 Å². The minimum absolute atomic E-state index is 0.0243. The summed E-state index contributed by atoms with van der Waals surface area (Å²) in [6.07, 6.45) is -0.0243. The van der Waals surface area contributed by atoms with Crippen LogP contribution >= 0.6 is 11.8 Å². The smallest absolute Gasteiger partial charge is 0.247 e. The zero-order valence-electron chi connectivity index (χ0n) is 20.3. The number of imide groups is 1. The molecule has 2 amide bonds. The van der Waals surface area contributed by atoms with E-state index >= 15 is 0 Å². The van der Waals surface area contributed by atoms with Crippen LogP contribution in [0.3, 0.4) is 0 Å². The normalized spacial score (nSPS) is 14.7. The number of hydrogen-bond acceptors (Lipinski definition) is 7. The number of nitrogens with zero attached hydrogens (tertiary/aromatic N) is 4. The molecule has 0 radical (unpaired) electrons. The van der Waals surface area contributed by atoms with E-state index in [1.807, 2.05) is 66.7 Å². The highest BCUT2D eigenvalue weighted by Crippen LogP contribution is 2.39. The summed E-state index contributed by atoms with van der Waals surface area (Å²) in [4.78, 5) is 32.1. The lowest BCUT2D eigenvalue weighted by Gasteiger charge is -2.16. The van der Waals surface area contributed by atoms with Gasteiger partial charge in [-0.1, -0.05) is 54.2 Å². The summed E-state index contributed by atoms with van der Waals surface area (Å²) in [5.74, 6) is -0.0334. The van der Waals surface area contributed by atoms with E-state index in [-0.39, 0.29) is 18.2 Å². The number of rotatable bonds is 6. The molecule has 0 N–H and O–H groups in total. The Hall–Kier alpha value is -4.92. The Kier molecular flexibility index (Phi) is 6.90. The number of carbonyl (C=O) groups excluding carboxylic acids is 2. The first-order valence-corrected chi connectivity index (χ1v) is 12.6. The molecule has 0 aliphatic carbocycles. The molecule has 5 rings (SSSR count). The van der Waals surface area contributed by atoms with Crippen molar-refractivity contribution in [2.45, 2.75) is 16.7 Å². The Balaban J connectivity index is 1.55. The molecule has 0 bridgehead atoms. The molecule has 0 spiro atoms. The summed E-state index contributed by atoms with van der Waals surface area (Å²) in [5, 5.41) is 18.9. The maximum absolute atomic E-state index is 13.3. The number of carbonyl (C=O) groups is 2. The lowest BCUT2D eigenvalue weighted by atomic mass is 9.99. The zero-order valence-corrected chi connectivity index (χ0v) is 21.1. The van der Waals surface area contributed by atoms with Crippen LogP contribution < -0.4 is 9.64 Å². The van der Waals surface area contributed by atoms with Crippen LogP contribution in [0.2, 0.25) is 0 Å². The van der Waals surface area contributed by atoms with Crippen molar-refractivity contribution in [1.29, 1.82) is 10.5 Å². The fourth-order valence-electron chi connectivity index (χ4n) is 4.26. The Bertz CT molecular complexity index is 1610. The largest absolute Gasteiger partial charge is 0.497 e. The third-order valence-corrected chi connectivity index (χ3v) is 7.35. The predicted molar refractivity (Wildman–Crippen MR) is 144 cm³/mol. The van der Waals surface area contributed by atoms with E-state index in [9.17, 15) is 14.9 Å². The third kappa shape index (κ3) is 4.73. The van der Waals surface area contributed by atoms with Crippen molar-refractivity contribution in [2.75, 3.05) is 12.0 Å². The first-order valence-electron chi connectivity index (χ1n) is 11.7. The molecule has 0 saturated carbocycles. The first-order chi connectivity index (χ1) is 18.5. The van der Waals surface area contributed by atoms with E-state index in [0.717, 1.165) is 27.8 Å². The standard InChI is InChI=1S/C30H20N4O3S/c1-37-23-13-9-20(10-14-23)24-15-26(21-5-3-2-4-6-21)33-29(25(24)18-32)38-27-16-28(35)34(30(27)36)22-11-7-19(17-31)8-12-22/h2-15,27H,16H2,1H3. The lowest BCUT2D eigenvalue weighted by Crippen LogP contribution is -2.31. The van der Waals surface area contributed by atoms with E-state index in [1.54, 1.807) is 31.4 Å². The molecule has 1 saturated heterocycles. The number of nitriles is 2.